The normalized spacial score (nSPS) is 20.8. The second-order valence-corrected chi connectivity index (χ2v) is 7.29. The largest absolute Gasteiger partial charge is 0.489 e. The Morgan fingerprint density at radius 2 is 1.71 bits per heavy atom. The Bertz CT molecular complexity index is 633. The van der Waals surface area contributed by atoms with Gasteiger partial charge in [-0.1, -0.05) is 43.2 Å². The minimum absolute atomic E-state index is 0.288. The quantitative estimate of drug-likeness (QED) is 0.736. The van der Waals surface area contributed by atoms with Crippen LogP contribution in [-0.4, -0.2) is 19.2 Å². The molecule has 2 aromatic rings. The van der Waals surface area contributed by atoms with E-state index >= 15 is 0 Å². The predicted octanol–water partition coefficient (Wildman–Crippen LogP) is 5.08. The van der Waals surface area contributed by atoms with Gasteiger partial charge in [-0.15, -0.1) is 0 Å². The number of para-hydroxylation sites is 1. The maximum atomic E-state index is 6.16. The van der Waals surface area contributed by atoms with Crippen molar-refractivity contribution in [1.29, 1.82) is 0 Å². The Kier molecular flexibility index (Phi) is 4.73. The second-order valence-electron chi connectivity index (χ2n) is 7.29. The molecule has 0 aromatic heterocycles. The maximum absolute atomic E-state index is 6.16. The minimum atomic E-state index is 0.288. The van der Waals surface area contributed by atoms with E-state index in [0.717, 1.165) is 31.2 Å². The lowest BCUT2D eigenvalue weighted by Crippen LogP contribution is -2.41. The Hall–Kier alpha value is -1.96. The van der Waals surface area contributed by atoms with Gasteiger partial charge in [-0.25, -0.2) is 0 Å². The molecule has 0 spiro atoms. The molecule has 2 heteroatoms. The molecule has 1 aliphatic heterocycles. The van der Waals surface area contributed by atoms with Crippen molar-refractivity contribution in [1.82, 2.24) is 0 Å². The van der Waals surface area contributed by atoms with Gasteiger partial charge in [0.05, 0.1) is 6.54 Å². The first kappa shape index (κ1) is 15.6. The molecule has 1 aliphatic carbocycles. The van der Waals surface area contributed by atoms with Gasteiger partial charge < -0.3 is 9.64 Å². The molecule has 1 heterocycles. The third-order valence-electron chi connectivity index (χ3n) is 5.26. The van der Waals surface area contributed by atoms with Crippen LogP contribution in [0.1, 0.15) is 37.7 Å². The van der Waals surface area contributed by atoms with Gasteiger partial charge in [0.2, 0.25) is 0 Å². The van der Waals surface area contributed by atoms with E-state index in [1.807, 2.05) is 30.3 Å². The zero-order chi connectivity index (χ0) is 16.2. The minimum Gasteiger partial charge on any atom is -0.489 e. The molecule has 1 saturated heterocycles. The molecule has 24 heavy (non-hydrogen) atoms. The topological polar surface area (TPSA) is 12.5 Å². The first-order valence-electron chi connectivity index (χ1n) is 9.42. The fourth-order valence-corrected chi connectivity index (χ4v) is 3.61. The highest BCUT2D eigenvalue weighted by Gasteiger charge is 2.22. The molecule has 0 amide bonds. The number of hydrogen-bond donors (Lipinski definition) is 0. The van der Waals surface area contributed by atoms with E-state index in [1.54, 1.807) is 0 Å². The summed E-state index contributed by atoms with van der Waals surface area (Å²) < 4.78 is 6.16. The van der Waals surface area contributed by atoms with Crippen LogP contribution in [0, 0.1) is 5.92 Å². The molecular weight excluding hydrogens is 294 g/mol. The third kappa shape index (κ3) is 4.11. The summed E-state index contributed by atoms with van der Waals surface area (Å²) >= 11 is 0. The van der Waals surface area contributed by atoms with E-state index in [4.69, 9.17) is 4.74 Å². The molecular formula is C22H27NO. The SMILES string of the molecule is c1ccc(OC2CCCN(c3ccc(CCC4CC4)cc3)C2)cc1. The van der Waals surface area contributed by atoms with Gasteiger partial charge in [-0.2, -0.15) is 0 Å². The molecule has 1 unspecified atom stereocenters. The number of rotatable bonds is 6. The highest BCUT2D eigenvalue weighted by Crippen LogP contribution is 2.33. The summed E-state index contributed by atoms with van der Waals surface area (Å²) in [5, 5.41) is 0. The molecule has 0 radical (unpaired) electrons. The van der Waals surface area contributed by atoms with Crippen LogP contribution in [0.3, 0.4) is 0 Å². The van der Waals surface area contributed by atoms with E-state index < -0.39 is 0 Å². The van der Waals surface area contributed by atoms with Crippen molar-refractivity contribution in [3.63, 3.8) is 0 Å². The van der Waals surface area contributed by atoms with E-state index in [0.29, 0.717) is 0 Å². The molecule has 0 N–H and O–H groups in total. The van der Waals surface area contributed by atoms with Crippen molar-refractivity contribution in [2.45, 2.75) is 44.6 Å². The van der Waals surface area contributed by atoms with Gasteiger partial charge in [-0.05, 0) is 61.4 Å². The lowest BCUT2D eigenvalue weighted by atomic mass is 10.0. The van der Waals surface area contributed by atoms with Gasteiger partial charge in [0.15, 0.2) is 0 Å². The van der Waals surface area contributed by atoms with Crippen molar-refractivity contribution < 1.29 is 4.74 Å². The van der Waals surface area contributed by atoms with Crippen LogP contribution in [0.4, 0.5) is 5.69 Å². The Morgan fingerprint density at radius 3 is 2.46 bits per heavy atom. The summed E-state index contributed by atoms with van der Waals surface area (Å²) in [4.78, 5) is 2.47. The van der Waals surface area contributed by atoms with Crippen molar-refractivity contribution in [3.8, 4) is 5.75 Å². The summed E-state index contributed by atoms with van der Waals surface area (Å²) in [5.41, 5.74) is 2.83. The molecule has 126 valence electrons. The van der Waals surface area contributed by atoms with Crippen molar-refractivity contribution in [2.24, 2.45) is 5.92 Å². The summed E-state index contributed by atoms with van der Waals surface area (Å²) in [6.45, 7) is 2.12. The van der Waals surface area contributed by atoms with Crippen molar-refractivity contribution in [2.75, 3.05) is 18.0 Å². The molecule has 2 aliphatic rings. The van der Waals surface area contributed by atoms with Crippen LogP contribution >= 0.6 is 0 Å². The molecule has 1 saturated carbocycles. The van der Waals surface area contributed by atoms with Gasteiger partial charge in [0.25, 0.3) is 0 Å². The van der Waals surface area contributed by atoms with Gasteiger partial charge in [0, 0.05) is 12.2 Å². The molecule has 2 fully saturated rings. The summed E-state index contributed by atoms with van der Waals surface area (Å²) in [7, 11) is 0. The molecule has 1 atom stereocenters. The van der Waals surface area contributed by atoms with Crippen molar-refractivity contribution >= 4 is 5.69 Å². The number of ether oxygens (including phenoxy) is 1. The molecule has 2 nitrogen and oxygen atoms in total. The van der Waals surface area contributed by atoms with Crippen LogP contribution < -0.4 is 9.64 Å². The molecule has 4 rings (SSSR count). The van der Waals surface area contributed by atoms with Crippen LogP contribution in [-0.2, 0) is 6.42 Å². The lowest BCUT2D eigenvalue weighted by Gasteiger charge is -2.34. The van der Waals surface area contributed by atoms with Gasteiger partial charge in [0.1, 0.15) is 11.9 Å². The highest BCUT2D eigenvalue weighted by molar-refractivity contribution is 5.48. The predicted molar refractivity (Wildman–Crippen MR) is 99.8 cm³/mol. The Balaban J connectivity index is 1.34. The molecule has 2 aromatic carbocycles. The van der Waals surface area contributed by atoms with E-state index in [1.165, 1.54) is 43.4 Å². The van der Waals surface area contributed by atoms with Crippen LogP contribution in [0.5, 0.6) is 5.75 Å². The Morgan fingerprint density at radius 1 is 0.917 bits per heavy atom. The standard InChI is InChI=1S/C22H27NO/c1-2-5-21(6-3-1)24-22-7-4-16-23(17-22)20-14-12-19(13-15-20)11-10-18-8-9-18/h1-3,5-6,12-15,18,22H,4,7-11,16-17H2. The smallest absolute Gasteiger partial charge is 0.119 e. The summed E-state index contributed by atoms with van der Waals surface area (Å²) in [6, 6.07) is 19.4. The lowest BCUT2D eigenvalue weighted by molar-refractivity contribution is 0.179. The van der Waals surface area contributed by atoms with Crippen LogP contribution in [0.15, 0.2) is 54.6 Å². The van der Waals surface area contributed by atoms with Gasteiger partial charge >= 0.3 is 0 Å². The van der Waals surface area contributed by atoms with E-state index in [9.17, 15) is 0 Å². The molecule has 0 bridgehead atoms. The number of benzene rings is 2. The van der Waals surface area contributed by atoms with Crippen LogP contribution in [0.2, 0.25) is 0 Å². The fraction of sp³-hybridized carbons (Fsp3) is 0.455. The fourth-order valence-electron chi connectivity index (χ4n) is 3.61. The van der Waals surface area contributed by atoms with Crippen LogP contribution in [0.25, 0.3) is 0 Å². The number of anilines is 1. The first-order valence-corrected chi connectivity index (χ1v) is 9.42. The second kappa shape index (κ2) is 7.29. The zero-order valence-electron chi connectivity index (χ0n) is 14.4. The average molecular weight is 321 g/mol. The number of nitrogens with zero attached hydrogens (tertiary/aromatic N) is 1. The van der Waals surface area contributed by atoms with Crippen molar-refractivity contribution in [3.05, 3.63) is 60.2 Å². The third-order valence-corrected chi connectivity index (χ3v) is 5.26. The number of aryl methyl sites for hydroxylation is 1. The van der Waals surface area contributed by atoms with Gasteiger partial charge in [-0.3, -0.25) is 0 Å². The highest BCUT2D eigenvalue weighted by atomic mass is 16.5. The monoisotopic (exact) mass is 321 g/mol. The van der Waals surface area contributed by atoms with E-state index in [-0.39, 0.29) is 6.10 Å². The summed E-state index contributed by atoms with van der Waals surface area (Å²) in [6.07, 6.45) is 8.14. The number of piperidine rings is 1. The first-order chi connectivity index (χ1) is 11.9. The maximum Gasteiger partial charge on any atom is 0.119 e. The Labute approximate surface area is 145 Å². The average Bonchev–Trinajstić information content (AvgIpc) is 3.46. The summed E-state index contributed by atoms with van der Waals surface area (Å²) in [5.74, 6) is 2.00. The van der Waals surface area contributed by atoms with E-state index in [2.05, 4.69) is 29.2 Å². The zero-order valence-corrected chi connectivity index (χ0v) is 14.4. The number of hydrogen-bond acceptors (Lipinski definition) is 2.